The zero-order valence-corrected chi connectivity index (χ0v) is 16.5. The maximum absolute atomic E-state index is 12.0. The highest BCUT2D eigenvalue weighted by atomic mass is 79.9. The van der Waals surface area contributed by atoms with Gasteiger partial charge in [-0.3, -0.25) is 14.5 Å². The number of carbonyl (C=O) groups excluding carboxylic acids is 2. The Bertz CT molecular complexity index is 720. The fourth-order valence-electron chi connectivity index (χ4n) is 2.07. The average molecular weight is 422 g/mol. The molecule has 132 valence electrons. The van der Waals surface area contributed by atoms with Crippen molar-refractivity contribution in [2.75, 3.05) is 32.5 Å². The van der Waals surface area contributed by atoms with Crippen molar-refractivity contribution in [3.8, 4) is 0 Å². The molecule has 0 aliphatic rings. The summed E-state index contributed by atoms with van der Waals surface area (Å²) >= 11 is 5.08. The molecule has 0 saturated heterocycles. The van der Waals surface area contributed by atoms with Crippen LogP contribution in [0.1, 0.15) is 0 Å². The predicted molar refractivity (Wildman–Crippen MR) is 105 cm³/mol. The number of carbonyl (C=O) groups is 2. The summed E-state index contributed by atoms with van der Waals surface area (Å²) in [6.45, 7) is 0.343. The number of nitrogens with zero attached hydrogens (tertiary/aromatic N) is 1. The van der Waals surface area contributed by atoms with Crippen LogP contribution in [0.15, 0.2) is 62.8 Å². The van der Waals surface area contributed by atoms with Crippen LogP contribution >= 0.6 is 27.7 Å². The molecule has 7 heteroatoms. The molecule has 0 atom stereocenters. The second-order valence-corrected chi connectivity index (χ2v) is 7.54. The van der Waals surface area contributed by atoms with Crippen LogP contribution in [0.3, 0.4) is 0 Å². The van der Waals surface area contributed by atoms with Crippen molar-refractivity contribution in [2.24, 2.45) is 0 Å². The summed E-state index contributed by atoms with van der Waals surface area (Å²) in [5.74, 6) is -0.274. The number of amides is 2. The lowest BCUT2D eigenvalue weighted by atomic mass is 10.3. The number of rotatable bonds is 7. The molecule has 0 unspecified atom stereocenters. The van der Waals surface area contributed by atoms with Crippen LogP contribution < -0.4 is 10.6 Å². The van der Waals surface area contributed by atoms with Crippen LogP contribution in [0.2, 0.25) is 0 Å². The zero-order valence-electron chi connectivity index (χ0n) is 14.1. The van der Waals surface area contributed by atoms with E-state index in [-0.39, 0.29) is 24.9 Å². The Balaban J connectivity index is 1.86. The zero-order chi connectivity index (χ0) is 18.2. The first-order valence-electron chi connectivity index (χ1n) is 7.68. The Morgan fingerprint density at radius 1 is 0.960 bits per heavy atom. The fourth-order valence-corrected chi connectivity index (χ4v) is 3.15. The van der Waals surface area contributed by atoms with Crippen molar-refractivity contribution in [3.63, 3.8) is 0 Å². The number of anilines is 1. The maximum atomic E-state index is 12.0. The standard InChI is InChI=1S/C18H20BrN3O2S/c1-20-17(23)11-22(2)12-18(24)21-14-5-9-16(10-6-14)25-15-7-3-13(19)4-8-15/h3-10H,11-12H2,1-2H3,(H,20,23)(H,21,24). The third kappa shape index (κ3) is 6.89. The molecule has 2 rings (SSSR count). The maximum Gasteiger partial charge on any atom is 0.238 e. The molecule has 0 fully saturated rings. The molecule has 0 heterocycles. The van der Waals surface area contributed by atoms with Gasteiger partial charge in [-0.2, -0.15) is 0 Å². The number of benzene rings is 2. The normalized spacial score (nSPS) is 10.6. The first-order chi connectivity index (χ1) is 12.0. The lowest BCUT2D eigenvalue weighted by molar-refractivity contribution is -0.122. The summed E-state index contributed by atoms with van der Waals surface area (Å²) in [6, 6.07) is 15.8. The highest BCUT2D eigenvalue weighted by Gasteiger charge is 2.10. The van der Waals surface area contributed by atoms with Gasteiger partial charge in [-0.25, -0.2) is 0 Å². The third-order valence-electron chi connectivity index (χ3n) is 3.29. The molecular weight excluding hydrogens is 402 g/mol. The van der Waals surface area contributed by atoms with E-state index in [2.05, 4.69) is 26.6 Å². The van der Waals surface area contributed by atoms with Crippen LogP contribution in [0.4, 0.5) is 5.69 Å². The molecular formula is C18H20BrN3O2S. The van der Waals surface area contributed by atoms with E-state index in [1.165, 1.54) is 0 Å². The number of halogens is 1. The molecule has 0 aliphatic heterocycles. The highest BCUT2D eigenvalue weighted by molar-refractivity contribution is 9.10. The smallest absolute Gasteiger partial charge is 0.238 e. The summed E-state index contributed by atoms with van der Waals surface area (Å²) in [4.78, 5) is 27.2. The molecule has 0 bridgehead atoms. The van der Waals surface area contributed by atoms with Crippen molar-refractivity contribution in [2.45, 2.75) is 9.79 Å². The van der Waals surface area contributed by atoms with Crippen molar-refractivity contribution in [1.29, 1.82) is 0 Å². The summed E-state index contributed by atoms with van der Waals surface area (Å²) < 4.78 is 1.05. The van der Waals surface area contributed by atoms with E-state index in [9.17, 15) is 9.59 Å². The van der Waals surface area contributed by atoms with Crippen molar-refractivity contribution in [1.82, 2.24) is 10.2 Å². The quantitative estimate of drug-likeness (QED) is 0.720. The molecule has 2 amide bonds. The second kappa shape index (κ2) is 9.60. The number of nitrogens with one attached hydrogen (secondary N) is 2. The van der Waals surface area contributed by atoms with Gasteiger partial charge in [0.25, 0.3) is 0 Å². The van der Waals surface area contributed by atoms with Crippen LogP contribution in [0.5, 0.6) is 0 Å². The molecule has 2 aromatic rings. The molecule has 0 spiro atoms. The Labute approximate surface area is 160 Å². The van der Waals surface area contributed by atoms with Gasteiger partial charge >= 0.3 is 0 Å². The van der Waals surface area contributed by atoms with Gasteiger partial charge in [0.15, 0.2) is 0 Å². The van der Waals surface area contributed by atoms with Gasteiger partial charge in [0.05, 0.1) is 13.1 Å². The van der Waals surface area contributed by atoms with E-state index in [0.717, 1.165) is 20.0 Å². The van der Waals surface area contributed by atoms with E-state index < -0.39 is 0 Å². The number of hydrogen-bond donors (Lipinski definition) is 2. The predicted octanol–water partition coefficient (Wildman–Crippen LogP) is 3.22. The Kier molecular flexibility index (Phi) is 7.49. The Hall–Kier alpha value is -1.83. The number of likely N-dealkylation sites (N-methyl/N-ethyl adjacent to an activating group) is 2. The monoisotopic (exact) mass is 421 g/mol. The summed E-state index contributed by atoms with van der Waals surface area (Å²) in [5, 5.41) is 5.37. The average Bonchev–Trinajstić information content (AvgIpc) is 2.58. The Morgan fingerprint density at radius 3 is 2.04 bits per heavy atom. The van der Waals surface area contributed by atoms with E-state index >= 15 is 0 Å². The first kappa shape index (κ1) is 19.5. The molecule has 0 aliphatic carbocycles. The molecule has 5 nitrogen and oxygen atoms in total. The van der Waals surface area contributed by atoms with Crippen molar-refractivity contribution in [3.05, 3.63) is 53.0 Å². The highest BCUT2D eigenvalue weighted by Crippen LogP contribution is 2.29. The van der Waals surface area contributed by atoms with Crippen molar-refractivity contribution < 1.29 is 9.59 Å². The molecule has 2 N–H and O–H groups in total. The van der Waals surface area contributed by atoms with Gasteiger partial charge < -0.3 is 10.6 Å². The van der Waals surface area contributed by atoms with Gasteiger partial charge in [0.1, 0.15) is 0 Å². The topological polar surface area (TPSA) is 61.4 Å². The van der Waals surface area contributed by atoms with Crippen molar-refractivity contribution >= 4 is 45.2 Å². The summed E-state index contributed by atoms with van der Waals surface area (Å²) in [7, 11) is 3.30. The molecule has 2 aromatic carbocycles. The van der Waals surface area contributed by atoms with E-state index in [1.54, 1.807) is 30.8 Å². The van der Waals surface area contributed by atoms with E-state index in [1.807, 2.05) is 48.5 Å². The van der Waals surface area contributed by atoms with Crippen LogP contribution in [0.25, 0.3) is 0 Å². The van der Waals surface area contributed by atoms with E-state index in [4.69, 9.17) is 0 Å². The van der Waals surface area contributed by atoms with Crippen LogP contribution in [-0.2, 0) is 9.59 Å². The summed E-state index contributed by atoms with van der Waals surface area (Å²) in [6.07, 6.45) is 0. The molecule has 25 heavy (non-hydrogen) atoms. The Morgan fingerprint density at radius 2 is 1.48 bits per heavy atom. The second-order valence-electron chi connectivity index (χ2n) is 5.47. The molecule has 0 saturated carbocycles. The third-order valence-corrected chi connectivity index (χ3v) is 4.84. The fraction of sp³-hybridized carbons (Fsp3) is 0.222. The first-order valence-corrected chi connectivity index (χ1v) is 9.29. The van der Waals surface area contributed by atoms with Crippen LogP contribution in [-0.4, -0.2) is 43.9 Å². The molecule has 0 radical (unpaired) electrons. The minimum Gasteiger partial charge on any atom is -0.358 e. The SMILES string of the molecule is CNC(=O)CN(C)CC(=O)Nc1ccc(Sc2ccc(Br)cc2)cc1. The van der Waals surface area contributed by atoms with E-state index in [0.29, 0.717) is 0 Å². The van der Waals surface area contributed by atoms with Gasteiger partial charge in [-0.1, -0.05) is 27.7 Å². The van der Waals surface area contributed by atoms with Gasteiger partial charge in [-0.05, 0) is 55.6 Å². The molecule has 0 aromatic heterocycles. The largest absolute Gasteiger partial charge is 0.358 e. The van der Waals surface area contributed by atoms with Gasteiger partial charge in [0, 0.05) is 27.0 Å². The van der Waals surface area contributed by atoms with Crippen LogP contribution in [0, 0.1) is 0 Å². The van der Waals surface area contributed by atoms with Gasteiger partial charge in [0.2, 0.25) is 11.8 Å². The lowest BCUT2D eigenvalue weighted by Gasteiger charge is -2.15. The summed E-state index contributed by atoms with van der Waals surface area (Å²) in [5.41, 5.74) is 0.735. The minimum absolute atomic E-state index is 0.121. The van der Waals surface area contributed by atoms with Gasteiger partial charge in [-0.15, -0.1) is 0 Å². The number of hydrogen-bond acceptors (Lipinski definition) is 4. The lowest BCUT2D eigenvalue weighted by Crippen LogP contribution is -2.37. The minimum atomic E-state index is -0.153.